The van der Waals surface area contributed by atoms with Gasteiger partial charge in [-0.2, -0.15) is 0 Å². The average Bonchev–Trinajstić information content (AvgIpc) is 2.47. The quantitative estimate of drug-likeness (QED) is 0.614. The molecule has 1 rings (SSSR count). The van der Waals surface area contributed by atoms with Gasteiger partial charge in [-0.05, 0) is 6.07 Å². The van der Waals surface area contributed by atoms with E-state index in [2.05, 4.69) is 5.32 Å². The molecule has 0 bridgehead atoms. The monoisotopic (exact) mass is 199 g/mol. The van der Waals surface area contributed by atoms with Gasteiger partial charge >= 0.3 is 0 Å². The van der Waals surface area contributed by atoms with Crippen molar-refractivity contribution in [1.82, 2.24) is 5.32 Å². The standard InChI is InChI=1S/C7H9N3O2S/c8-4-1-5(13-3-4)7(12)10-2-6(9)11/h1,3H,2,8H2,(H2,9,11)(H,10,12). The third-order valence-electron chi connectivity index (χ3n) is 1.27. The van der Waals surface area contributed by atoms with Crippen molar-refractivity contribution in [3.8, 4) is 0 Å². The van der Waals surface area contributed by atoms with Gasteiger partial charge in [0.1, 0.15) is 0 Å². The second kappa shape index (κ2) is 3.90. The normalized spacial score (nSPS) is 9.54. The van der Waals surface area contributed by atoms with Crippen molar-refractivity contribution in [3.63, 3.8) is 0 Å². The maximum Gasteiger partial charge on any atom is 0.261 e. The van der Waals surface area contributed by atoms with Crippen molar-refractivity contribution >= 4 is 28.8 Å². The summed E-state index contributed by atoms with van der Waals surface area (Å²) < 4.78 is 0. The van der Waals surface area contributed by atoms with Crippen LogP contribution in [0.15, 0.2) is 11.4 Å². The van der Waals surface area contributed by atoms with Gasteiger partial charge in [0.2, 0.25) is 5.91 Å². The molecule has 0 fully saturated rings. The Hall–Kier alpha value is -1.56. The van der Waals surface area contributed by atoms with E-state index in [9.17, 15) is 9.59 Å². The van der Waals surface area contributed by atoms with Gasteiger partial charge in [-0.3, -0.25) is 9.59 Å². The summed E-state index contributed by atoms with van der Waals surface area (Å²) in [7, 11) is 0. The molecule has 1 aromatic heterocycles. The molecule has 0 aromatic carbocycles. The first-order valence-electron chi connectivity index (χ1n) is 3.50. The van der Waals surface area contributed by atoms with Gasteiger partial charge in [0.25, 0.3) is 5.91 Å². The van der Waals surface area contributed by atoms with Gasteiger partial charge in [-0.1, -0.05) is 0 Å². The van der Waals surface area contributed by atoms with Crippen LogP contribution in [0.1, 0.15) is 9.67 Å². The van der Waals surface area contributed by atoms with Crippen molar-refractivity contribution in [3.05, 3.63) is 16.3 Å². The summed E-state index contributed by atoms with van der Waals surface area (Å²) in [4.78, 5) is 22.0. The summed E-state index contributed by atoms with van der Waals surface area (Å²) in [6, 6.07) is 1.54. The highest BCUT2D eigenvalue weighted by Crippen LogP contribution is 2.15. The number of nitrogens with one attached hydrogen (secondary N) is 1. The van der Waals surface area contributed by atoms with Crippen LogP contribution in [0, 0.1) is 0 Å². The fraction of sp³-hybridized carbons (Fsp3) is 0.143. The minimum atomic E-state index is -0.571. The van der Waals surface area contributed by atoms with E-state index >= 15 is 0 Å². The van der Waals surface area contributed by atoms with Gasteiger partial charge in [-0.15, -0.1) is 11.3 Å². The predicted octanol–water partition coefficient (Wildman–Crippen LogP) is -0.455. The molecule has 0 aliphatic heterocycles. The third kappa shape index (κ3) is 2.75. The van der Waals surface area contributed by atoms with E-state index in [1.165, 1.54) is 11.3 Å². The zero-order valence-corrected chi connectivity index (χ0v) is 7.56. The Balaban J connectivity index is 2.54. The van der Waals surface area contributed by atoms with Crippen LogP contribution < -0.4 is 16.8 Å². The Morgan fingerprint density at radius 3 is 2.69 bits per heavy atom. The lowest BCUT2D eigenvalue weighted by Crippen LogP contribution is -2.32. The van der Waals surface area contributed by atoms with Gasteiger partial charge < -0.3 is 16.8 Å². The van der Waals surface area contributed by atoms with Gasteiger partial charge in [0.05, 0.1) is 11.4 Å². The second-order valence-electron chi connectivity index (χ2n) is 2.39. The second-order valence-corrected chi connectivity index (χ2v) is 3.30. The molecule has 6 heteroatoms. The highest BCUT2D eigenvalue weighted by atomic mass is 32.1. The van der Waals surface area contributed by atoms with Crippen LogP contribution in [0.3, 0.4) is 0 Å². The number of amides is 2. The molecule has 1 heterocycles. The maximum absolute atomic E-state index is 11.2. The lowest BCUT2D eigenvalue weighted by Gasteiger charge is -1.98. The molecular weight excluding hydrogens is 190 g/mol. The number of carbonyl (C=O) groups is 2. The van der Waals surface area contributed by atoms with E-state index in [0.29, 0.717) is 10.6 Å². The predicted molar refractivity (Wildman–Crippen MR) is 50.3 cm³/mol. The van der Waals surface area contributed by atoms with Crippen molar-refractivity contribution in [2.75, 3.05) is 12.3 Å². The van der Waals surface area contributed by atoms with Crippen LogP contribution in [0.25, 0.3) is 0 Å². The Morgan fingerprint density at radius 1 is 1.54 bits per heavy atom. The molecule has 5 N–H and O–H groups in total. The number of nitrogen functional groups attached to an aromatic ring is 1. The number of carbonyl (C=O) groups excluding carboxylic acids is 2. The molecule has 13 heavy (non-hydrogen) atoms. The molecule has 1 aromatic rings. The van der Waals surface area contributed by atoms with Crippen molar-refractivity contribution < 1.29 is 9.59 Å². The molecule has 0 spiro atoms. The van der Waals surface area contributed by atoms with E-state index in [0.717, 1.165) is 0 Å². The minimum Gasteiger partial charge on any atom is -0.398 e. The Labute approximate surface area is 78.7 Å². The summed E-state index contributed by atoms with van der Waals surface area (Å²) in [5.74, 6) is -0.904. The topological polar surface area (TPSA) is 98.2 Å². The van der Waals surface area contributed by atoms with Crippen LogP contribution in [-0.4, -0.2) is 18.4 Å². The first-order valence-corrected chi connectivity index (χ1v) is 4.38. The SMILES string of the molecule is NC(=O)CNC(=O)c1cc(N)cs1. The number of thiophene rings is 1. The molecule has 70 valence electrons. The Morgan fingerprint density at radius 2 is 2.23 bits per heavy atom. The zero-order valence-electron chi connectivity index (χ0n) is 6.74. The summed E-state index contributed by atoms with van der Waals surface area (Å²) in [6.07, 6.45) is 0. The smallest absolute Gasteiger partial charge is 0.261 e. The van der Waals surface area contributed by atoms with Crippen LogP contribution in [0.5, 0.6) is 0 Å². The third-order valence-corrected chi connectivity index (χ3v) is 2.21. The van der Waals surface area contributed by atoms with Gasteiger partial charge in [-0.25, -0.2) is 0 Å². The van der Waals surface area contributed by atoms with E-state index in [4.69, 9.17) is 11.5 Å². The minimum absolute atomic E-state index is 0.156. The fourth-order valence-electron chi connectivity index (χ4n) is 0.725. The molecule has 0 radical (unpaired) electrons. The van der Waals surface area contributed by atoms with E-state index in [1.807, 2.05) is 0 Å². The van der Waals surface area contributed by atoms with Crippen molar-refractivity contribution in [1.29, 1.82) is 0 Å². The van der Waals surface area contributed by atoms with E-state index < -0.39 is 5.91 Å². The van der Waals surface area contributed by atoms with E-state index in [-0.39, 0.29) is 12.5 Å². The summed E-state index contributed by atoms with van der Waals surface area (Å²) >= 11 is 1.22. The van der Waals surface area contributed by atoms with Crippen LogP contribution in [0.2, 0.25) is 0 Å². The molecule has 0 unspecified atom stereocenters. The Kier molecular flexibility index (Phi) is 2.86. The number of nitrogens with two attached hydrogens (primary N) is 2. The number of primary amides is 1. The molecule has 2 amide bonds. The van der Waals surface area contributed by atoms with Gasteiger partial charge in [0.15, 0.2) is 0 Å². The molecule has 0 saturated heterocycles. The summed E-state index contributed by atoms with van der Waals surface area (Å²) in [5, 5.41) is 4.01. The highest BCUT2D eigenvalue weighted by molar-refractivity contribution is 7.12. The van der Waals surface area contributed by atoms with E-state index in [1.54, 1.807) is 11.4 Å². The number of anilines is 1. The highest BCUT2D eigenvalue weighted by Gasteiger charge is 2.07. The summed E-state index contributed by atoms with van der Waals surface area (Å²) in [6.45, 7) is -0.156. The van der Waals surface area contributed by atoms with Crippen molar-refractivity contribution in [2.24, 2.45) is 5.73 Å². The van der Waals surface area contributed by atoms with Crippen molar-refractivity contribution in [2.45, 2.75) is 0 Å². The van der Waals surface area contributed by atoms with Gasteiger partial charge in [0, 0.05) is 11.1 Å². The molecule has 5 nitrogen and oxygen atoms in total. The van der Waals surface area contributed by atoms with Crippen LogP contribution >= 0.6 is 11.3 Å². The van der Waals surface area contributed by atoms with Crippen LogP contribution in [0.4, 0.5) is 5.69 Å². The fourth-order valence-corrected chi connectivity index (χ4v) is 1.44. The average molecular weight is 199 g/mol. The lowest BCUT2D eigenvalue weighted by molar-refractivity contribution is -0.117. The number of rotatable bonds is 3. The zero-order chi connectivity index (χ0) is 9.84. The molecule has 0 atom stereocenters. The molecule has 0 aliphatic rings. The molecular formula is C7H9N3O2S. The number of hydrogen-bond acceptors (Lipinski definition) is 4. The maximum atomic E-state index is 11.2. The Bertz CT molecular complexity index is 334. The van der Waals surface area contributed by atoms with Crippen LogP contribution in [-0.2, 0) is 4.79 Å². The largest absolute Gasteiger partial charge is 0.398 e. The molecule has 0 aliphatic carbocycles. The lowest BCUT2D eigenvalue weighted by atomic mass is 10.4. The summed E-state index contributed by atoms with van der Waals surface area (Å²) in [5.41, 5.74) is 10.8. The first-order chi connectivity index (χ1) is 6.09. The first kappa shape index (κ1) is 9.53. The molecule has 0 saturated carbocycles. The number of hydrogen-bond donors (Lipinski definition) is 3.